The SMILES string of the molecule is C=C(C(=O)O)C1CCC2(C)CCC(OC3OC(CO)C(O)C(O)C3O)C(=C)C2C1. The van der Waals surface area contributed by atoms with Crippen molar-refractivity contribution in [3.63, 3.8) is 0 Å². The largest absolute Gasteiger partial charge is 0.478 e. The normalized spacial score (nSPS) is 45.5. The van der Waals surface area contributed by atoms with Crippen LogP contribution in [0.5, 0.6) is 0 Å². The first-order chi connectivity index (χ1) is 13.6. The molecule has 3 rings (SSSR count). The van der Waals surface area contributed by atoms with Gasteiger partial charge in [-0.3, -0.25) is 0 Å². The van der Waals surface area contributed by atoms with Gasteiger partial charge < -0.3 is 35.0 Å². The van der Waals surface area contributed by atoms with Gasteiger partial charge in [0.05, 0.1) is 12.7 Å². The first-order valence-electron chi connectivity index (χ1n) is 10.2. The van der Waals surface area contributed by atoms with E-state index < -0.39 is 49.4 Å². The lowest BCUT2D eigenvalue weighted by Crippen LogP contribution is -2.60. The minimum absolute atomic E-state index is 0.00159. The Morgan fingerprint density at radius 3 is 2.48 bits per heavy atom. The van der Waals surface area contributed by atoms with Crippen molar-refractivity contribution in [3.8, 4) is 0 Å². The number of hydrogen-bond donors (Lipinski definition) is 5. The lowest BCUT2D eigenvalue weighted by atomic mass is 9.55. The van der Waals surface area contributed by atoms with E-state index in [0.29, 0.717) is 12.8 Å². The molecule has 1 aliphatic heterocycles. The number of carbonyl (C=O) groups is 1. The summed E-state index contributed by atoms with van der Waals surface area (Å²) in [5.74, 6) is -1.05. The van der Waals surface area contributed by atoms with Crippen molar-refractivity contribution in [3.05, 3.63) is 24.3 Å². The molecule has 0 aromatic carbocycles. The number of carboxylic acid groups (broad SMARTS) is 1. The molecule has 0 amide bonds. The number of ether oxygens (including phenoxy) is 2. The second kappa shape index (κ2) is 8.45. The van der Waals surface area contributed by atoms with Crippen molar-refractivity contribution >= 4 is 5.97 Å². The predicted octanol–water partition coefficient (Wildman–Crippen LogP) is 0.585. The summed E-state index contributed by atoms with van der Waals surface area (Å²) in [5.41, 5.74) is 1.04. The molecule has 9 unspecified atom stereocenters. The molecular formula is C21H32O8. The maximum Gasteiger partial charge on any atom is 0.331 e. The minimum atomic E-state index is -1.49. The second-order valence-electron chi connectivity index (χ2n) is 8.94. The zero-order valence-electron chi connectivity index (χ0n) is 16.7. The summed E-state index contributed by atoms with van der Waals surface area (Å²) in [6.45, 7) is 9.63. The summed E-state index contributed by atoms with van der Waals surface area (Å²) in [6.07, 6.45) is -3.26. The Hall–Kier alpha value is -1.29. The topological polar surface area (TPSA) is 137 Å². The molecule has 0 spiro atoms. The second-order valence-corrected chi connectivity index (χ2v) is 8.94. The zero-order valence-corrected chi connectivity index (χ0v) is 16.7. The van der Waals surface area contributed by atoms with Crippen molar-refractivity contribution in [2.45, 2.75) is 75.8 Å². The summed E-state index contributed by atoms with van der Waals surface area (Å²) < 4.78 is 11.4. The number of aliphatic hydroxyl groups is 4. The van der Waals surface area contributed by atoms with Crippen LogP contribution in [-0.2, 0) is 14.3 Å². The van der Waals surface area contributed by atoms with Crippen molar-refractivity contribution in [1.82, 2.24) is 0 Å². The van der Waals surface area contributed by atoms with Gasteiger partial charge in [0.25, 0.3) is 0 Å². The number of carboxylic acids is 1. The molecule has 8 nitrogen and oxygen atoms in total. The quantitative estimate of drug-likeness (QED) is 0.251. The molecule has 9 atom stereocenters. The van der Waals surface area contributed by atoms with Gasteiger partial charge in [-0.25, -0.2) is 4.79 Å². The molecule has 5 N–H and O–H groups in total. The fourth-order valence-corrected chi connectivity index (χ4v) is 5.12. The van der Waals surface area contributed by atoms with Gasteiger partial charge in [0.15, 0.2) is 6.29 Å². The van der Waals surface area contributed by atoms with Crippen molar-refractivity contribution in [1.29, 1.82) is 0 Å². The van der Waals surface area contributed by atoms with E-state index >= 15 is 0 Å². The standard InChI is InChI=1S/C21H32O8/c1-10(19(26)27)12-4-6-21(3)7-5-14(11(2)13(21)8-12)28-20-18(25)17(24)16(23)15(9-22)29-20/h12-18,20,22-25H,1-2,4-9H2,3H3,(H,26,27). The molecule has 0 aromatic rings. The van der Waals surface area contributed by atoms with Crippen LogP contribution >= 0.6 is 0 Å². The summed E-state index contributed by atoms with van der Waals surface area (Å²) in [5, 5.41) is 48.8. The van der Waals surface area contributed by atoms with Crippen molar-refractivity contribution in [2.24, 2.45) is 17.3 Å². The monoisotopic (exact) mass is 412 g/mol. The zero-order chi connectivity index (χ0) is 21.5. The fourth-order valence-electron chi connectivity index (χ4n) is 5.12. The summed E-state index contributed by atoms with van der Waals surface area (Å²) >= 11 is 0. The van der Waals surface area contributed by atoms with Gasteiger partial charge in [-0.05, 0) is 54.9 Å². The molecule has 164 valence electrons. The van der Waals surface area contributed by atoms with Gasteiger partial charge in [-0.1, -0.05) is 20.1 Å². The van der Waals surface area contributed by atoms with Gasteiger partial charge >= 0.3 is 5.97 Å². The van der Waals surface area contributed by atoms with Gasteiger partial charge in [0, 0.05) is 5.57 Å². The van der Waals surface area contributed by atoms with E-state index in [-0.39, 0.29) is 22.8 Å². The molecule has 8 heteroatoms. The van der Waals surface area contributed by atoms with Gasteiger partial charge in [-0.15, -0.1) is 0 Å². The number of fused-ring (bicyclic) bond motifs is 1. The molecule has 3 fully saturated rings. The maximum atomic E-state index is 11.3. The first-order valence-corrected chi connectivity index (χ1v) is 10.2. The highest BCUT2D eigenvalue weighted by Gasteiger charge is 2.50. The maximum absolute atomic E-state index is 11.3. The van der Waals surface area contributed by atoms with Crippen LogP contribution < -0.4 is 0 Å². The summed E-state index contributed by atoms with van der Waals surface area (Å²) in [6, 6.07) is 0. The molecule has 3 aliphatic rings. The van der Waals surface area contributed by atoms with E-state index in [2.05, 4.69) is 20.1 Å². The number of aliphatic hydroxyl groups excluding tert-OH is 4. The third kappa shape index (κ3) is 4.15. The smallest absolute Gasteiger partial charge is 0.331 e. The van der Waals surface area contributed by atoms with Crippen LogP contribution in [0.2, 0.25) is 0 Å². The first kappa shape index (κ1) is 22.4. The minimum Gasteiger partial charge on any atom is -0.478 e. The average Bonchev–Trinajstić information content (AvgIpc) is 2.69. The van der Waals surface area contributed by atoms with E-state index in [1.54, 1.807) is 0 Å². The third-order valence-electron chi connectivity index (χ3n) is 7.18. The Bertz CT molecular complexity index is 661. The number of aliphatic carboxylic acids is 1. The van der Waals surface area contributed by atoms with Gasteiger partial charge in [-0.2, -0.15) is 0 Å². The Morgan fingerprint density at radius 2 is 1.86 bits per heavy atom. The highest BCUT2D eigenvalue weighted by Crippen LogP contribution is 2.55. The lowest BCUT2D eigenvalue weighted by Gasteiger charge is -2.51. The van der Waals surface area contributed by atoms with E-state index in [0.717, 1.165) is 24.8 Å². The Kier molecular flexibility index (Phi) is 6.53. The molecule has 2 aliphatic carbocycles. The molecule has 1 saturated heterocycles. The molecule has 29 heavy (non-hydrogen) atoms. The van der Waals surface area contributed by atoms with Crippen molar-refractivity contribution < 1.29 is 39.8 Å². The summed E-state index contributed by atoms with van der Waals surface area (Å²) in [7, 11) is 0. The predicted molar refractivity (Wildman–Crippen MR) is 103 cm³/mol. The highest BCUT2D eigenvalue weighted by molar-refractivity contribution is 5.86. The Morgan fingerprint density at radius 1 is 1.21 bits per heavy atom. The van der Waals surface area contributed by atoms with E-state index in [1.165, 1.54) is 0 Å². The number of hydrogen-bond acceptors (Lipinski definition) is 7. The highest BCUT2D eigenvalue weighted by atomic mass is 16.7. The van der Waals surface area contributed by atoms with Crippen LogP contribution in [0.3, 0.4) is 0 Å². The molecule has 2 saturated carbocycles. The van der Waals surface area contributed by atoms with E-state index in [4.69, 9.17) is 9.47 Å². The molecular weight excluding hydrogens is 380 g/mol. The molecule has 0 radical (unpaired) electrons. The van der Waals surface area contributed by atoms with Gasteiger partial charge in [0.1, 0.15) is 24.4 Å². The van der Waals surface area contributed by atoms with E-state index in [1.807, 2.05) is 0 Å². The van der Waals surface area contributed by atoms with E-state index in [9.17, 15) is 30.3 Å². The van der Waals surface area contributed by atoms with Crippen LogP contribution in [0.25, 0.3) is 0 Å². The van der Waals surface area contributed by atoms with Crippen LogP contribution in [0.4, 0.5) is 0 Å². The number of rotatable bonds is 5. The fraction of sp³-hybridized carbons (Fsp3) is 0.762. The lowest BCUT2D eigenvalue weighted by molar-refractivity contribution is -0.310. The summed E-state index contributed by atoms with van der Waals surface area (Å²) in [4.78, 5) is 11.3. The van der Waals surface area contributed by atoms with Crippen LogP contribution in [0.1, 0.15) is 39.0 Å². The Labute approximate surface area is 170 Å². The molecule has 1 heterocycles. The Balaban J connectivity index is 1.72. The molecule has 0 aromatic heterocycles. The van der Waals surface area contributed by atoms with Crippen LogP contribution in [0.15, 0.2) is 24.3 Å². The van der Waals surface area contributed by atoms with Gasteiger partial charge in [0.2, 0.25) is 0 Å². The van der Waals surface area contributed by atoms with Crippen LogP contribution in [0, 0.1) is 17.3 Å². The third-order valence-corrected chi connectivity index (χ3v) is 7.18. The van der Waals surface area contributed by atoms with Crippen LogP contribution in [-0.4, -0.2) is 74.9 Å². The molecule has 0 bridgehead atoms. The average molecular weight is 412 g/mol. The van der Waals surface area contributed by atoms with Crippen molar-refractivity contribution in [2.75, 3.05) is 6.61 Å².